The zero-order valence-corrected chi connectivity index (χ0v) is 13.5. The monoisotopic (exact) mass is 300 g/mol. The number of nitrogens with two attached hydrogens (primary N) is 1. The van der Waals surface area contributed by atoms with Crippen molar-refractivity contribution in [3.8, 4) is 0 Å². The van der Waals surface area contributed by atoms with Gasteiger partial charge in [-0.1, -0.05) is 18.2 Å². The van der Waals surface area contributed by atoms with Crippen LogP contribution < -0.4 is 11.1 Å². The molecular weight excluding hydrogens is 276 g/mol. The van der Waals surface area contributed by atoms with Crippen LogP contribution in [0.4, 0.5) is 5.69 Å². The first-order chi connectivity index (χ1) is 10.5. The number of hydrogen-bond acceptors (Lipinski definition) is 3. The molecule has 118 valence electrons. The standard InChI is InChI=1S/C17H24N4O/c1-12-15(13(2)21(3)20-12)10-11-19-17(22)9-8-14-6-4-5-7-16(14)18/h4-7H,8-11,18H2,1-3H3,(H,19,22). The van der Waals surface area contributed by atoms with Crippen molar-refractivity contribution in [2.75, 3.05) is 12.3 Å². The van der Waals surface area contributed by atoms with Gasteiger partial charge in [-0.2, -0.15) is 5.10 Å². The highest BCUT2D eigenvalue weighted by Crippen LogP contribution is 2.13. The van der Waals surface area contributed by atoms with Gasteiger partial charge in [-0.05, 0) is 43.9 Å². The second kappa shape index (κ2) is 7.11. The minimum Gasteiger partial charge on any atom is -0.399 e. The summed E-state index contributed by atoms with van der Waals surface area (Å²) in [5.41, 5.74) is 11.1. The summed E-state index contributed by atoms with van der Waals surface area (Å²) in [6, 6.07) is 7.67. The summed E-state index contributed by atoms with van der Waals surface area (Å²) in [6.07, 6.45) is 1.94. The van der Waals surface area contributed by atoms with Gasteiger partial charge in [0, 0.05) is 31.4 Å². The number of carbonyl (C=O) groups excluding carboxylic acids is 1. The number of para-hydroxylation sites is 1. The molecule has 0 aliphatic carbocycles. The van der Waals surface area contributed by atoms with Crippen LogP contribution >= 0.6 is 0 Å². The van der Waals surface area contributed by atoms with E-state index < -0.39 is 0 Å². The highest BCUT2D eigenvalue weighted by molar-refractivity contribution is 5.76. The lowest BCUT2D eigenvalue weighted by atomic mass is 10.1. The van der Waals surface area contributed by atoms with Gasteiger partial charge in [0.05, 0.1) is 5.69 Å². The average Bonchev–Trinajstić information content (AvgIpc) is 2.72. The van der Waals surface area contributed by atoms with Gasteiger partial charge in [-0.25, -0.2) is 0 Å². The second-order valence-electron chi connectivity index (χ2n) is 5.57. The van der Waals surface area contributed by atoms with Crippen molar-refractivity contribution in [1.82, 2.24) is 15.1 Å². The zero-order valence-electron chi connectivity index (χ0n) is 13.5. The van der Waals surface area contributed by atoms with Gasteiger partial charge in [0.1, 0.15) is 0 Å². The summed E-state index contributed by atoms with van der Waals surface area (Å²) in [6.45, 7) is 4.69. The Labute approximate surface area is 131 Å². The topological polar surface area (TPSA) is 72.9 Å². The van der Waals surface area contributed by atoms with E-state index in [0.717, 1.165) is 29.1 Å². The number of carbonyl (C=O) groups is 1. The number of nitrogens with one attached hydrogen (secondary N) is 1. The number of rotatable bonds is 6. The molecule has 0 atom stereocenters. The molecule has 1 heterocycles. The lowest BCUT2D eigenvalue weighted by molar-refractivity contribution is -0.121. The normalized spacial score (nSPS) is 10.7. The molecule has 0 saturated carbocycles. The van der Waals surface area contributed by atoms with Crippen molar-refractivity contribution in [3.63, 3.8) is 0 Å². The summed E-state index contributed by atoms with van der Waals surface area (Å²) in [5.74, 6) is 0.0578. The van der Waals surface area contributed by atoms with Crippen molar-refractivity contribution in [1.29, 1.82) is 0 Å². The molecule has 0 spiro atoms. The fourth-order valence-corrected chi connectivity index (χ4v) is 2.60. The Morgan fingerprint density at radius 1 is 1.27 bits per heavy atom. The number of amides is 1. The van der Waals surface area contributed by atoms with E-state index in [9.17, 15) is 4.79 Å². The van der Waals surface area contributed by atoms with E-state index in [4.69, 9.17) is 5.73 Å². The van der Waals surface area contributed by atoms with Crippen LogP contribution in [0.2, 0.25) is 0 Å². The zero-order chi connectivity index (χ0) is 16.1. The van der Waals surface area contributed by atoms with E-state index >= 15 is 0 Å². The van der Waals surface area contributed by atoms with Gasteiger partial charge in [-0.3, -0.25) is 9.48 Å². The van der Waals surface area contributed by atoms with Crippen LogP contribution in [0.25, 0.3) is 0 Å². The van der Waals surface area contributed by atoms with Crippen LogP contribution in [-0.4, -0.2) is 22.2 Å². The Balaban J connectivity index is 1.78. The highest BCUT2D eigenvalue weighted by atomic mass is 16.1. The van der Waals surface area contributed by atoms with Crippen LogP contribution in [0.1, 0.15) is 28.9 Å². The predicted molar refractivity (Wildman–Crippen MR) is 88.6 cm³/mol. The molecular formula is C17H24N4O. The second-order valence-corrected chi connectivity index (χ2v) is 5.57. The van der Waals surface area contributed by atoms with Gasteiger partial charge in [0.2, 0.25) is 5.91 Å². The number of benzene rings is 1. The molecule has 5 nitrogen and oxygen atoms in total. The summed E-state index contributed by atoms with van der Waals surface area (Å²) >= 11 is 0. The molecule has 1 aromatic heterocycles. The molecule has 2 rings (SSSR count). The Morgan fingerprint density at radius 3 is 2.64 bits per heavy atom. The van der Waals surface area contributed by atoms with Gasteiger partial charge in [0.25, 0.3) is 0 Å². The van der Waals surface area contributed by atoms with Crippen LogP contribution in [0.15, 0.2) is 24.3 Å². The molecule has 1 amide bonds. The largest absolute Gasteiger partial charge is 0.399 e. The number of aryl methyl sites for hydroxylation is 3. The Kier molecular flexibility index (Phi) is 5.20. The maximum atomic E-state index is 11.9. The minimum atomic E-state index is 0.0578. The van der Waals surface area contributed by atoms with E-state index in [0.29, 0.717) is 19.4 Å². The fraction of sp³-hybridized carbons (Fsp3) is 0.412. The van der Waals surface area contributed by atoms with Gasteiger partial charge >= 0.3 is 0 Å². The predicted octanol–water partition coefficient (Wildman–Crippen LogP) is 1.91. The minimum absolute atomic E-state index is 0.0578. The third kappa shape index (κ3) is 3.87. The molecule has 0 radical (unpaired) electrons. The number of aromatic nitrogens is 2. The Hall–Kier alpha value is -2.30. The Morgan fingerprint density at radius 2 is 2.00 bits per heavy atom. The van der Waals surface area contributed by atoms with Crippen molar-refractivity contribution in [3.05, 3.63) is 46.8 Å². The molecule has 5 heteroatoms. The van der Waals surface area contributed by atoms with Gasteiger partial charge in [-0.15, -0.1) is 0 Å². The van der Waals surface area contributed by atoms with E-state index in [2.05, 4.69) is 17.3 Å². The first kappa shape index (κ1) is 16.1. The van der Waals surface area contributed by atoms with E-state index in [1.54, 1.807) is 0 Å². The maximum absolute atomic E-state index is 11.9. The lowest BCUT2D eigenvalue weighted by Crippen LogP contribution is -2.26. The molecule has 3 N–H and O–H groups in total. The van der Waals surface area contributed by atoms with Crippen LogP contribution in [0, 0.1) is 13.8 Å². The molecule has 0 saturated heterocycles. The molecule has 1 aromatic carbocycles. The third-order valence-electron chi connectivity index (χ3n) is 4.03. The first-order valence-electron chi connectivity index (χ1n) is 7.58. The van der Waals surface area contributed by atoms with Crippen LogP contribution in [-0.2, 0) is 24.7 Å². The van der Waals surface area contributed by atoms with Crippen molar-refractivity contribution in [2.45, 2.75) is 33.1 Å². The van der Waals surface area contributed by atoms with Crippen molar-refractivity contribution < 1.29 is 4.79 Å². The third-order valence-corrected chi connectivity index (χ3v) is 4.03. The number of anilines is 1. The van der Waals surface area contributed by atoms with Crippen LogP contribution in [0.5, 0.6) is 0 Å². The fourth-order valence-electron chi connectivity index (χ4n) is 2.60. The smallest absolute Gasteiger partial charge is 0.220 e. The van der Waals surface area contributed by atoms with E-state index in [1.807, 2.05) is 42.9 Å². The molecule has 22 heavy (non-hydrogen) atoms. The summed E-state index contributed by atoms with van der Waals surface area (Å²) in [4.78, 5) is 11.9. The molecule has 0 unspecified atom stereocenters. The number of nitrogen functional groups attached to an aromatic ring is 1. The van der Waals surface area contributed by atoms with Crippen molar-refractivity contribution in [2.24, 2.45) is 7.05 Å². The molecule has 0 fully saturated rings. The average molecular weight is 300 g/mol. The quantitative estimate of drug-likeness (QED) is 0.800. The molecule has 0 bridgehead atoms. The van der Waals surface area contributed by atoms with E-state index in [1.165, 1.54) is 5.56 Å². The van der Waals surface area contributed by atoms with Gasteiger partial charge < -0.3 is 11.1 Å². The highest BCUT2D eigenvalue weighted by Gasteiger charge is 2.09. The molecule has 0 aliphatic rings. The number of nitrogens with zero attached hydrogens (tertiary/aromatic N) is 2. The number of hydrogen-bond donors (Lipinski definition) is 2. The maximum Gasteiger partial charge on any atom is 0.220 e. The van der Waals surface area contributed by atoms with Gasteiger partial charge in [0.15, 0.2) is 0 Å². The Bertz CT molecular complexity index is 661. The van der Waals surface area contributed by atoms with Crippen LogP contribution in [0.3, 0.4) is 0 Å². The lowest BCUT2D eigenvalue weighted by Gasteiger charge is -2.07. The molecule has 0 aliphatic heterocycles. The van der Waals surface area contributed by atoms with E-state index in [-0.39, 0.29) is 5.91 Å². The summed E-state index contributed by atoms with van der Waals surface area (Å²) in [7, 11) is 1.94. The summed E-state index contributed by atoms with van der Waals surface area (Å²) < 4.78 is 1.88. The van der Waals surface area contributed by atoms with Crippen molar-refractivity contribution >= 4 is 11.6 Å². The molecule has 2 aromatic rings. The SMILES string of the molecule is Cc1nn(C)c(C)c1CCNC(=O)CCc1ccccc1N. The summed E-state index contributed by atoms with van der Waals surface area (Å²) in [5, 5.41) is 7.35. The first-order valence-corrected chi connectivity index (χ1v) is 7.58.